The Morgan fingerprint density at radius 1 is 0.821 bits per heavy atom. The van der Waals surface area contributed by atoms with Crippen LogP contribution in [-0.2, 0) is 0 Å². The van der Waals surface area contributed by atoms with Crippen molar-refractivity contribution in [3.63, 3.8) is 0 Å². The molecule has 2 heterocycles. The van der Waals surface area contributed by atoms with Crippen LogP contribution in [0.2, 0.25) is 0 Å². The van der Waals surface area contributed by atoms with Crippen LogP contribution < -0.4 is 9.47 Å². The maximum absolute atomic E-state index is 5.44. The summed E-state index contributed by atoms with van der Waals surface area (Å²) in [5, 5.41) is 4.78. The number of ether oxygens (including phenoxy) is 2. The molecule has 3 aromatic carbocycles. The van der Waals surface area contributed by atoms with Crippen molar-refractivity contribution < 1.29 is 9.47 Å². The average molecular weight is 367 g/mol. The van der Waals surface area contributed by atoms with E-state index < -0.39 is 0 Å². The highest BCUT2D eigenvalue weighted by atomic mass is 16.7. The number of fused-ring (bicyclic) bond motifs is 1. The Balaban J connectivity index is 1.55. The quantitative estimate of drug-likeness (QED) is 0.476. The maximum atomic E-state index is 5.44. The molecule has 0 atom stereocenters. The Morgan fingerprint density at radius 2 is 1.57 bits per heavy atom. The van der Waals surface area contributed by atoms with E-state index in [9.17, 15) is 0 Å². The minimum atomic E-state index is 0.261. The largest absolute Gasteiger partial charge is 0.454 e. The highest BCUT2D eigenvalue weighted by Crippen LogP contribution is 2.32. The molecular weight excluding hydrogens is 350 g/mol. The van der Waals surface area contributed by atoms with E-state index in [2.05, 4.69) is 0 Å². The topological polar surface area (TPSA) is 48.6 Å². The molecule has 4 aromatic rings. The lowest BCUT2D eigenvalue weighted by molar-refractivity contribution is 0.174. The number of hydrogen-bond acceptors (Lipinski definition) is 4. The summed E-state index contributed by atoms with van der Waals surface area (Å²) in [5.74, 6) is 2.26. The minimum absolute atomic E-state index is 0.261. The lowest BCUT2D eigenvalue weighted by Gasteiger charge is -2.03. The summed E-state index contributed by atoms with van der Waals surface area (Å²) < 4.78 is 12.7. The van der Waals surface area contributed by atoms with Crippen molar-refractivity contribution in [3.8, 4) is 28.4 Å². The van der Waals surface area contributed by atoms with Crippen LogP contribution in [0, 0.1) is 0 Å². The van der Waals surface area contributed by atoms with Crippen LogP contribution in [0.4, 0.5) is 5.82 Å². The van der Waals surface area contributed by atoms with Crippen molar-refractivity contribution in [2.45, 2.75) is 0 Å². The molecule has 0 aliphatic carbocycles. The molecular formula is C23H17N3O2. The monoisotopic (exact) mass is 367 g/mol. The molecule has 28 heavy (non-hydrogen) atoms. The zero-order valence-corrected chi connectivity index (χ0v) is 15.0. The Hall–Kier alpha value is -3.86. The molecule has 0 radical (unpaired) electrons. The number of aromatic nitrogens is 2. The first-order chi connectivity index (χ1) is 13.9. The van der Waals surface area contributed by atoms with Gasteiger partial charge in [0.25, 0.3) is 0 Å². The fourth-order valence-corrected chi connectivity index (χ4v) is 3.11. The molecule has 136 valence electrons. The molecule has 0 spiro atoms. The van der Waals surface area contributed by atoms with E-state index in [0.717, 1.165) is 39.8 Å². The predicted molar refractivity (Wildman–Crippen MR) is 109 cm³/mol. The van der Waals surface area contributed by atoms with Gasteiger partial charge in [-0.15, -0.1) is 0 Å². The van der Waals surface area contributed by atoms with Gasteiger partial charge in [0, 0.05) is 17.8 Å². The smallest absolute Gasteiger partial charge is 0.231 e. The summed E-state index contributed by atoms with van der Waals surface area (Å²) in [7, 11) is 0. The first-order valence-electron chi connectivity index (χ1n) is 9.01. The van der Waals surface area contributed by atoms with Gasteiger partial charge in [0.2, 0.25) is 6.79 Å². The number of rotatable bonds is 4. The van der Waals surface area contributed by atoms with Crippen LogP contribution in [0.1, 0.15) is 5.56 Å². The summed E-state index contributed by atoms with van der Waals surface area (Å²) >= 11 is 0. The number of nitrogens with zero attached hydrogens (tertiary/aromatic N) is 3. The summed E-state index contributed by atoms with van der Waals surface area (Å²) in [5.41, 5.74) is 3.83. The van der Waals surface area contributed by atoms with Gasteiger partial charge >= 0.3 is 0 Å². The molecule has 1 aliphatic rings. The van der Waals surface area contributed by atoms with Gasteiger partial charge < -0.3 is 9.47 Å². The Kier molecular flexibility index (Phi) is 4.10. The average Bonchev–Trinajstić information content (AvgIpc) is 3.40. The number of benzene rings is 3. The van der Waals surface area contributed by atoms with Crippen LogP contribution in [0.3, 0.4) is 0 Å². The van der Waals surface area contributed by atoms with Crippen LogP contribution in [0.15, 0.2) is 89.9 Å². The van der Waals surface area contributed by atoms with Crippen LogP contribution >= 0.6 is 0 Å². The van der Waals surface area contributed by atoms with Gasteiger partial charge in [-0.3, -0.25) is 0 Å². The van der Waals surface area contributed by atoms with Crippen molar-refractivity contribution in [1.29, 1.82) is 0 Å². The maximum Gasteiger partial charge on any atom is 0.231 e. The molecule has 0 saturated heterocycles. The normalized spacial score (nSPS) is 12.6. The van der Waals surface area contributed by atoms with Crippen LogP contribution in [-0.4, -0.2) is 22.8 Å². The summed E-state index contributed by atoms with van der Waals surface area (Å²) in [6.45, 7) is 0.261. The van der Waals surface area contributed by atoms with Gasteiger partial charge in [-0.05, 0) is 35.9 Å². The second-order valence-corrected chi connectivity index (χ2v) is 6.37. The van der Waals surface area contributed by atoms with Gasteiger partial charge in [-0.25, -0.2) is 9.67 Å². The molecule has 5 rings (SSSR count). The molecule has 0 saturated carbocycles. The third kappa shape index (κ3) is 3.14. The minimum Gasteiger partial charge on any atom is -0.454 e. The van der Waals surface area contributed by atoms with Crippen molar-refractivity contribution in [1.82, 2.24) is 9.78 Å². The van der Waals surface area contributed by atoms with Crippen molar-refractivity contribution in [2.75, 3.05) is 6.79 Å². The van der Waals surface area contributed by atoms with Crippen molar-refractivity contribution >= 4 is 12.0 Å². The SMILES string of the molecule is C(=N\c1cc(-c2ccccc2)nn1-c1ccccc1)/c1ccc2c(c1)OCO2. The van der Waals surface area contributed by atoms with Crippen molar-refractivity contribution in [3.05, 3.63) is 90.5 Å². The lowest BCUT2D eigenvalue weighted by atomic mass is 10.1. The molecule has 0 amide bonds. The van der Waals surface area contributed by atoms with E-state index in [1.165, 1.54) is 0 Å². The zero-order valence-electron chi connectivity index (χ0n) is 15.0. The fraction of sp³-hybridized carbons (Fsp3) is 0.0435. The van der Waals surface area contributed by atoms with Gasteiger partial charge in [-0.2, -0.15) is 5.10 Å². The van der Waals surface area contributed by atoms with E-state index >= 15 is 0 Å². The molecule has 5 heteroatoms. The Bertz CT molecular complexity index is 1140. The predicted octanol–water partition coefficient (Wildman–Crippen LogP) is 5.02. The Morgan fingerprint density at radius 3 is 2.39 bits per heavy atom. The van der Waals surface area contributed by atoms with Crippen LogP contribution in [0.25, 0.3) is 16.9 Å². The number of para-hydroxylation sites is 1. The highest BCUT2D eigenvalue weighted by Gasteiger charge is 2.13. The molecule has 1 aromatic heterocycles. The van der Waals surface area contributed by atoms with E-state index in [0.29, 0.717) is 0 Å². The molecule has 0 fully saturated rings. The summed E-state index contributed by atoms with van der Waals surface area (Å²) in [6, 6.07) is 27.9. The van der Waals surface area contributed by atoms with Gasteiger partial charge in [0.15, 0.2) is 17.3 Å². The van der Waals surface area contributed by atoms with Crippen molar-refractivity contribution in [2.24, 2.45) is 4.99 Å². The molecule has 0 unspecified atom stereocenters. The fourth-order valence-electron chi connectivity index (χ4n) is 3.11. The third-order valence-corrected chi connectivity index (χ3v) is 4.50. The summed E-state index contributed by atoms with van der Waals surface area (Å²) in [6.07, 6.45) is 1.81. The second kappa shape index (κ2) is 7.04. The molecule has 5 nitrogen and oxygen atoms in total. The van der Waals surface area contributed by atoms with E-state index in [4.69, 9.17) is 19.6 Å². The molecule has 0 N–H and O–H groups in total. The van der Waals surface area contributed by atoms with E-state index in [1.807, 2.05) is 95.8 Å². The Labute approximate surface area is 162 Å². The molecule has 0 bridgehead atoms. The summed E-state index contributed by atoms with van der Waals surface area (Å²) in [4.78, 5) is 4.70. The standard InChI is InChI=1S/C23H17N3O2/c1-3-7-18(8-4-1)20-14-23(26(25-20)19-9-5-2-6-10-19)24-15-17-11-12-21-22(13-17)28-16-27-21/h1-15H,16H2/b24-15+. The molecule has 1 aliphatic heterocycles. The van der Waals surface area contributed by atoms with Gasteiger partial charge in [-0.1, -0.05) is 48.5 Å². The van der Waals surface area contributed by atoms with Gasteiger partial charge in [0.05, 0.1) is 11.4 Å². The second-order valence-electron chi connectivity index (χ2n) is 6.37. The highest BCUT2D eigenvalue weighted by molar-refractivity contribution is 5.83. The zero-order chi connectivity index (χ0) is 18.8. The first-order valence-corrected chi connectivity index (χ1v) is 9.01. The van der Waals surface area contributed by atoms with Crippen LogP contribution in [0.5, 0.6) is 11.5 Å². The third-order valence-electron chi connectivity index (χ3n) is 4.50. The van der Waals surface area contributed by atoms with E-state index in [-0.39, 0.29) is 6.79 Å². The van der Waals surface area contributed by atoms with Gasteiger partial charge in [0.1, 0.15) is 0 Å². The lowest BCUT2D eigenvalue weighted by Crippen LogP contribution is -1.96. The first kappa shape index (κ1) is 16.3. The number of aliphatic imine (C=N–C) groups is 1. The van der Waals surface area contributed by atoms with E-state index in [1.54, 1.807) is 0 Å². The number of hydrogen-bond donors (Lipinski definition) is 0.